The minimum atomic E-state index is -0.467. The summed E-state index contributed by atoms with van der Waals surface area (Å²) in [5.74, 6) is 1.45. The van der Waals surface area contributed by atoms with E-state index >= 15 is 0 Å². The molecule has 0 N–H and O–H groups in total. The van der Waals surface area contributed by atoms with Crippen molar-refractivity contribution in [1.82, 2.24) is 15.1 Å². The monoisotopic (exact) mass is 380 g/mol. The average molecular weight is 381 g/mol. The van der Waals surface area contributed by atoms with Gasteiger partial charge in [0.1, 0.15) is 12.2 Å². The molecule has 0 aliphatic carbocycles. The molecule has 26 heavy (non-hydrogen) atoms. The fourth-order valence-corrected chi connectivity index (χ4v) is 4.52. The summed E-state index contributed by atoms with van der Waals surface area (Å²) < 4.78 is 11.3. The molecule has 1 unspecified atom stereocenters. The highest BCUT2D eigenvalue weighted by atomic mass is 35.5. The van der Waals surface area contributed by atoms with Crippen molar-refractivity contribution in [2.45, 2.75) is 70.2 Å². The van der Waals surface area contributed by atoms with E-state index < -0.39 is 5.60 Å². The molecule has 0 radical (unpaired) electrons. The zero-order valence-electron chi connectivity index (χ0n) is 15.4. The molecule has 3 atom stereocenters. The predicted molar refractivity (Wildman–Crippen MR) is 97.8 cm³/mol. The third kappa shape index (κ3) is 3.29. The maximum absolute atomic E-state index is 12.6. The standard InChI is InChI=1S/C18H25ClN4O3/c1-18(2,3)26-17(24)23-11-4-5-12(23)9-13(8-11)22-6-7-25-14-10-15(19)20-21-16(14)22/h10-13H,4-9H2,1-3H3/t11-,12?,13-/m1/s1. The van der Waals surface area contributed by atoms with Crippen molar-refractivity contribution in [2.24, 2.45) is 0 Å². The van der Waals surface area contributed by atoms with Crippen LogP contribution >= 0.6 is 11.6 Å². The zero-order chi connectivity index (χ0) is 18.5. The molecule has 3 aliphatic heterocycles. The van der Waals surface area contributed by atoms with E-state index in [2.05, 4.69) is 15.1 Å². The second-order valence-electron chi connectivity index (χ2n) is 8.29. The van der Waals surface area contributed by atoms with Crippen LogP contribution in [0.25, 0.3) is 0 Å². The van der Waals surface area contributed by atoms with Gasteiger partial charge in [-0.1, -0.05) is 11.6 Å². The smallest absolute Gasteiger partial charge is 0.410 e. The van der Waals surface area contributed by atoms with Crippen LogP contribution in [0, 0.1) is 0 Å². The summed E-state index contributed by atoms with van der Waals surface area (Å²) in [7, 11) is 0. The first-order valence-corrected chi connectivity index (χ1v) is 9.63. The van der Waals surface area contributed by atoms with Crippen LogP contribution in [0.1, 0.15) is 46.5 Å². The Morgan fingerprint density at radius 2 is 1.92 bits per heavy atom. The fourth-order valence-electron chi connectivity index (χ4n) is 4.38. The minimum absolute atomic E-state index is 0.183. The van der Waals surface area contributed by atoms with Crippen LogP contribution in [0.3, 0.4) is 0 Å². The number of hydrogen-bond donors (Lipinski definition) is 0. The van der Waals surface area contributed by atoms with Crippen LogP contribution in [-0.2, 0) is 4.74 Å². The first kappa shape index (κ1) is 17.6. The van der Waals surface area contributed by atoms with Crippen molar-refractivity contribution in [3.05, 3.63) is 11.2 Å². The normalized spacial score (nSPS) is 27.8. The Labute approximate surface area is 158 Å². The van der Waals surface area contributed by atoms with Crippen LogP contribution in [0.15, 0.2) is 6.07 Å². The van der Waals surface area contributed by atoms with Crippen molar-refractivity contribution in [3.63, 3.8) is 0 Å². The second kappa shape index (κ2) is 6.44. The van der Waals surface area contributed by atoms with E-state index in [-0.39, 0.29) is 18.2 Å². The lowest BCUT2D eigenvalue weighted by Gasteiger charge is -2.44. The van der Waals surface area contributed by atoms with Gasteiger partial charge in [-0.25, -0.2) is 4.79 Å². The van der Waals surface area contributed by atoms with Gasteiger partial charge in [-0.2, -0.15) is 0 Å². The molecule has 142 valence electrons. The molecule has 0 spiro atoms. The molecule has 0 aromatic carbocycles. The lowest BCUT2D eigenvalue weighted by Crippen LogP contribution is -2.55. The van der Waals surface area contributed by atoms with E-state index in [1.807, 2.05) is 25.7 Å². The Hall–Kier alpha value is -1.76. The third-order valence-corrected chi connectivity index (χ3v) is 5.51. The molecule has 8 heteroatoms. The number of aromatic nitrogens is 2. The summed E-state index contributed by atoms with van der Waals surface area (Å²) in [5.41, 5.74) is -0.467. The molecule has 2 bridgehead atoms. The largest absolute Gasteiger partial charge is 0.488 e. The Balaban J connectivity index is 1.51. The van der Waals surface area contributed by atoms with Crippen LogP contribution in [0.5, 0.6) is 5.75 Å². The van der Waals surface area contributed by atoms with Gasteiger partial charge in [0.15, 0.2) is 16.7 Å². The van der Waals surface area contributed by atoms with Gasteiger partial charge in [-0.05, 0) is 46.5 Å². The minimum Gasteiger partial charge on any atom is -0.488 e. The number of fused-ring (bicyclic) bond motifs is 3. The van der Waals surface area contributed by atoms with Crippen molar-refractivity contribution < 1.29 is 14.3 Å². The topological polar surface area (TPSA) is 67.8 Å². The summed E-state index contributed by atoms with van der Waals surface area (Å²) in [6, 6.07) is 2.49. The molecule has 1 amide bonds. The van der Waals surface area contributed by atoms with Gasteiger partial charge in [0.2, 0.25) is 0 Å². The number of anilines is 1. The maximum Gasteiger partial charge on any atom is 0.410 e. The number of piperidine rings is 1. The summed E-state index contributed by atoms with van der Waals surface area (Å²) in [4.78, 5) is 16.9. The van der Waals surface area contributed by atoms with Crippen LogP contribution in [0.4, 0.5) is 10.6 Å². The first-order chi connectivity index (χ1) is 12.3. The summed E-state index contributed by atoms with van der Waals surface area (Å²) in [6.07, 6.45) is 3.71. The van der Waals surface area contributed by atoms with Gasteiger partial charge in [0.05, 0.1) is 6.54 Å². The Bertz CT molecular complexity index is 694. The Morgan fingerprint density at radius 1 is 1.23 bits per heavy atom. The molecule has 1 aromatic rings. The quantitative estimate of drug-likeness (QED) is 0.744. The van der Waals surface area contributed by atoms with E-state index in [0.29, 0.717) is 23.6 Å². The van der Waals surface area contributed by atoms with Crippen LogP contribution in [-0.4, -0.2) is 58.1 Å². The van der Waals surface area contributed by atoms with Crippen molar-refractivity contribution in [3.8, 4) is 5.75 Å². The number of ether oxygens (including phenoxy) is 2. The second-order valence-corrected chi connectivity index (χ2v) is 8.68. The molecule has 1 aromatic heterocycles. The van der Waals surface area contributed by atoms with Gasteiger partial charge >= 0.3 is 6.09 Å². The number of nitrogens with zero attached hydrogens (tertiary/aromatic N) is 4. The van der Waals surface area contributed by atoms with Gasteiger partial charge in [0.25, 0.3) is 0 Å². The number of amides is 1. The molecular formula is C18H25ClN4O3. The van der Waals surface area contributed by atoms with E-state index in [4.69, 9.17) is 21.1 Å². The molecule has 7 nitrogen and oxygen atoms in total. The van der Waals surface area contributed by atoms with E-state index in [1.54, 1.807) is 6.07 Å². The molecular weight excluding hydrogens is 356 g/mol. The average Bonchev–Trinajstić information content (AvgIpc) is 2.83. The van der Waals surface area contributed by atoms with Gasteiger partial charge < -0.3 is 19.3 Å². The fraction of sp³-hybridized carbons (Fsp3) is 0.722. The lowest BCUT2D eigenvalue weighted by molar-refractivity contribution is 0.00560. The molecule has 2 fully saturated rings. The van der Waals surface area contributed by atoms with Gasteiger partial charge in [-0.15, -0.1) is 10.2 Å². The number of carbonyl (C=O) groups excluding carboxylic acids is 1. The predicted octanol–water partition coefficient (Wildman–Crippen LogP) is 3.26. The van der Waals surface area contributed by atoms with Crippen molar-refractivity contribution in [1.29, 1.82) is 0 Å². The van der Waals surface area contributed by atoms with E-state index in [9.17, 15) is 4.79 Å². The van der Waals surface area contributed by atoms with Gasteiger partial charge in [-0.3, -0.25) is 0 Å². The number of rotatable bonds is 1. The van der Waals surface area contributed by atoms with Crippen molar-refractivity contribution >= 4 is 23.5 Å². The van der Waals surface area contributed by atoms with Crippen LogP contribution < -0.4 is 9.64 Å². The van der Waals surface area contributed by atoms with E-state index in [1.165, 1.54) is 0 Å². The third-order valence-electron chi connectivity index (χ3n) is 5.33. The molecule has 3 aliphatic rings. The Kier molecular flexibility index (Phi) is 4.37. The molecule has 2 saturated heterocycles. The SMILES string of the molecule is CC(C)(C)OC(=O)N1C2CC[C@@H]1C[C@@H](N1CCOc3cc(Cl)nnc31)C2. The van der Waals surface area contributed by atoms with Gasteiger partial charge in [0, 0.05) is 24.2 Å². The lowest BCUT2D eigenvalue weighted by atomic mass is 9.96. The molecule has 4 rings (SSSR count). The summed E-state index contributed by atoms with van der Waals surface area (Å²) >= 11 is 5.94. The highest BCUT2D eigenvalue weighted by Gasteiger charge is 2.47. The summed E-state index contributed by atoms with van der Waals surface area (Å²) in [5, 5.41) is 8.58. The van der Waals surface area contributed by atoms with Crippen molar-refractivity contribution in [2.75, 3.05) is 18.1 Å². The highest BCUT2D eigenvalue weighted by Crippen LogP contribution is 2.41. The molecule has 4 heterocycles. The molecule has 0 saturated carbocycles. The zero-order valence-corrected chi connectivity index (χ0v) is 16.2. The number of hydrogen-bond acceptors (Lipinski definition) is 6. The van der Waals surface area contributed by atoms with Crippen LogP contribution in [0.2, 0.25) is 5.15 Å². The summed E-state index contributed by atoms with van der Waals surface area (Å²) in [6.45, 7) is 7.12. The Morgan fingerprint density at radius 3 is 2.58 bits per heavy atom. The maximum atomic E-state index is 12.6. The number of halogens is 1. The highest BCUT2D eigenvalue weighted by molar-refractivity contribution is 6.29. The van der Waals surface area contributed by atoms with E-state index in [0.717, 1.165) is 38.0 Å². The first-order valence-electron chi connectivity index (χ1n) is 9.26. The number of carbonyl (C=O) groups is 1.